The van der Waals surface area contributed by atoms with Crippen molar-refractivity contribution in [2.75, 3.05) is 14.2 Å². The topological polar surface area (TPSA) is 178 Å². The number of ether oxygens (including phenoxy) is 2. The van der Waals surface area contributed by atoms with Gasteiger partial charge in [0, 0.05) is 52.3 Å². The van der Waals surface area contributed by atoms with Crippen molar-refractivity contribution in [1.82, 2.24) is 19.9 Å². The minimum absolute atomic E-state index is 0.0865. The van der Waals surface area contributed by atoms with Gasteiger partial charge in [-0.05, 0) is 131 Å². The number of hydrogen-bond acceptors (Lipinski definition) is 10. The quantitative estimate of drug-likeness (QED) is 0.119. The number of aromatic amines is 2. The molecule has 0 saturated carbocycles. The number of Topliss-reactive ketones (excluding diaryl/α,β-unsaturated/α-hetero) is 4. The third kappa shape index (κ3) is 8.42. The zero-order valence-electron chi connectivity index (χ0n) is 35.6. The molecule has 2 atom stereocenters. The van der Waals surface area contributed by atoms with Gasteiger partial charge in [0.25, 0.3) is 0 Å². The smallest absolute Gasteiger partial charge is 0.305 e. The number of aryl methyl sites for hydroxylation is 2. The molecule has 58 heavy (non-hydrogen) atoms. The van der Waals surface area contributed by atoms with Crippen LogP contribution >= 0.6 is 0 Å². The van der Waals surface area contributed by atoms with Crippen LogP contribution in [0.3, 0.4) is 0 Å². The number of allylic oxidation sites excluding steroid dienone is 4. The molecular formula is C46H54N4O8. The van der Waals surface area contributed by atoms with Crippen molar-refractivity contribution in [2.24, 2.45) is 11.8 Å². The number of rotatable bonds is 14. The number of aromatic nitrogens is 4. The molecule has 3 aromatic heterocycles. The molecule has 8 bridgehead atoms. The van der Waals surface area contributed by atoms with Gasteiger partial charge in [-0.15, -0.1) is 0 Å². The van der Waals surface area contributed by atoms with E-state index in [0.717, 1.165) is 50.0 Å². The van der Waals surface area contributed by atoms with Gasteiger partial charge in [-0.3, -0.25) is 28.8 Å². The van der Waals surface area contributed by atoms with E-state index in [1.165, 1.54) is 41.9 Å². The van der Waals surface area contributed by atoms with Crippen LogP contribution < -0.4 is 0 Å². The first-order valence-corrected chi connectivity index (χ1v) is 19.6. The highest BCUT2D eigenvalue weighted by atomic mass is 16.5. The third-order valence-corrected chi connectivity index (χ3v) is 11.8. The molecule has 306 valence electrons. The maximum absolute atomic E-state index is 13.2. The Morgan fingerprint density at radius 1 is 0.569 bits per heavy atom. The predicted octanol–water partition coefficient (Wildman–Crippen LogP) is 8.49. The number of H-pyrrole nitrogens is 2. The number of nitrogens with zero attached hydrogens (tertiary/aromatic N) is 2. The summed E-state index contributed by atoms with van der Waals surface area (Å²) >= 11 is 0. The summed E-state index contributed by atoms with van der Waals surface area (Å²) in [5.41, 5.74) is 11.6. The van der Waals surface area contributed by atoms with Gasteiger partial charge < -0.3 is 19.4 Å². The Kier molecular flexibility index (Phi) is 13.0. The summed E-state index contributed by atoms with van der Waals surface area (Å²) in [7, 11) is 2.69. The molecular weight excluding hydrogens is 737 g/mol. The molecule has 2 N–H and O–H groups in total. The lowest BCUT2D eigenvalue weighted by molar-refractivity contribution is -0.141. The lowest BCUT2D eigenvalue weighted by Crippen LogP contribution is -2.26. The Balaban J connectivity index is 2.03. The molecule has 0 fully saturated rings. The first-order chi connectivity index (χ1) is 27.3. The number of carbonyl (C=O) groups excluding carboxylic acids is 6. The molecule has 0 radical (unpaired) electrons. The van der Waals surface area contributed by atoms with E-state index < -0.39 is 23.7 Å². The van der Waals surface area contributed by atoms with Crippen molar-refractivity contribution in [2.45, 2.75) is 107 Å². The summed E-state index contributed by atoms with van der Waals surface area (Å²) in [5, 5.41) is 0. The van der Waals surface area contributed by atoms with Crippen LogP contribution in [0.15, 0.2) is 24.3 Å². The van der Waals surface area contributed by atoms with E-state index in [9.17, 15) is 28.8 Å². The molecule has 2 aliphatic rings. The average molecular weight is 791 g/mol. The van der Waals surface area contributed by atoms with E-state index in [0.29, 0.717) is 52.2 Å². The van der Waals surface area contributed by atoms with Gasteiger partial charge in [-0.25, -0.2) is 9.97 Å². The molecule has 0 aliphatic carbocycles. The second kappa shape index (κ2) is 17.4. The minimum atomic E-state index is -0.961. The summed E-state index contributed by atoms with van der Waals surface area (Å²) in [5.74, 6) is -4.67. The standard InChI is InChI=1S/C46H54N4O8/c1-21-17-38-45(26(6)44(29(9)53)30(10)54)46-23(3)32(14-16-41(56)58-12)37(50-46)20-36-31(13-15-40(55)57-11)22(2)34(48-36)19-35-24(4)42(39(49-35)18-33(21)47-38)25(5)43(27(7)51)28(8)52/h17-20,25-26,43-44,47,49H,13-16H2,1-12H3. The van der Waals surface area contributed by atoms with Crippen LogP contribution in [-0.2, 0) is 38.2 Å². The minimum Gasteiger partial charge on any atom is -0.469 e. The number of ketones is 4. The molecule has 0 aromatic carbocycles. The van der Waals surface area contributed by atoms with Crippen molar-refractivity contribution >= 4 is 79.4 Å². The number of methoxy groups -OCH3 is 2. The Morgan fingerprint density at radius 3 is 1.55 bits per heavy atom. The van der Waals surface area contributed by atoms with E-state index in [2.05, 4.69) is 9.97 Å². The molecule has 0 spiro atoms. The summed E-state index contributed by atoms with van der Waals surface area (Å²) in [6, 6.07) is 7.74. The highest BCUT2D eigenvalue weighted by Crippen LogP contribution is 2.42. The van der Waals surface area contributed by atoms with Crippen LogP contribution in [0.5, 0.6) is 0 Å². The summed E-state index contributed by atoms with van der Waals surface area (Å²) < 4.78 is 10.00. The third-order valence-electron chi connectivity index (χ3n) is 11.8. The van der Waals surface area contributed by atoms with E-state index in [1.807, 2.05) is 65.8 Å². The van der Waals surface area contributed by atoms with Gasteiger partial charge in [0.2, 0.25) is 0 Å². The van der Waals surface area contributed by atoms with Crippen molar-refractivity contribution in [3.63, 3.8) is 0 Å². The van der Waals surface area contributed by atoms with Crippen LogP contribution in [0.25, 0.3) is 44.4 Å². The Labute approximate surface area is 338 Å². The Bertz CT molecular complexity index is 2450. The highest BCUT2D eigenvalue weighted by molar-refractivity contribution is 6.03. The molecule has 3 aromatic rings. The Morgan fingerprint density at radius 2 is 1.03 bits per heavy atom. The first-order valence-electron chi connectivity index (χ1n) is 19.6. The number of nitrogens with one attached hydrogen (secondary N) is 2. The summed E-state index contributed by atoms with van der Waals surface area (Å²) in [6.07, 6.45) is 0.825. The van der Waals surface area contributed by atoms with Gasteiger partial charge in [-0.2, -0.15) is 0 Å². The van der Waals surface area contributed by atoms with Crippen LogP contribution in [0, 0.1) is 25.7 Å². The maximum Gasteiger partial charge on any atom is 0.305 e. The maximum atomic E-state index is 13.2. The zero-order chi connectivity index (χ0) is 42.9. The summed E-state index contributed by atoms with van der Waals surface area (Å²) in [4.78, 5) is 94.6. The van der Waals surface area contributed by atoms with Crippen LogP contribution in [0.4, 0.5) is 0 Å². The molecule has 5 heterocycles. The van der Waals surface area contributed by atoms with Crippen molar-refractivity contribution in [3.05, 3.63) is 69.3 Å². The number of fused-ring (bicyclic) bond motifs is 8. The summed E-state index contributed by atoms with van der Waals surface area (Å²) in [6.45, 7) is 17.2. The fourth-order valence-electron chi connectivity index (χ4n) is 8.85. The van der Waals surface area contributed by atoms with E-state index >= 15 is 0 Å². The van der Waals surface area contributed by atoms with Gasteiger partial charge in [-0.1, -0.05) is 13.8 Å². The SMILES string of the molecule is COC(=O)CCC1=C(C)c2cc3[nH]c(cc4[nH]c(cc4C)c(C(C)C(C(C)=O)C(C)=O)c4nc(cc1n2)C(CCC(=O)OC)=C4C)c(C(C)C(C(C)=O)C(C)=O)c3C. The van der Waals surface area contributed by atoms with Gasteiger partial charge >= 0.3 is 11.9 Å². The fraction of sp³-hybridized carbons (Fsp3) is 0.435. The van der Waals surface area contributed by atoms with E-state index in [-0.39, 0.29) is 47.9 Å². The number of hydrogen-bond donors (Lipinski definition) is 2. The fourth-order valence-corrected chi connectivity index (χ4v) is 8.85. The molecule has 12 nitrogen and oxygen atoms in total. The van der Waals surface area contributed by atoms with Crippen molar-refractivity contribution in [3.8, 4) is 0 Å². The largest absolute Gasteiger partial charge is 0.469 e. The van der Waals surface area contributed by atoms with E-state index in [1.54, 1.807) is 0 Å². The van der Waals surface area contributed by atoms with Crippen molar-refractivity contribution in [1.29, 1.82) is 0 Å². The van der Waals surface area contributed by atoms with Gasteiger partial charge in [0.1, 0.15) is 23.1 Å². The zero-order valence-corrected chi connectivity index (χ0v) is 35.6. The normalized spacial score (nSPS) is 13.9. The van der Waals surface area contributed by atoms with Crippen LogP contribution in [0.2, 0.25) is 0 Å². The van der Waals surface area contributed by atoms with Gasteiger partial charge in [0.05, 0.1) is 48.8 Å². The number of carbonyl (C=O) groups is 6. The van der Waals surface area contributed by atoms with Crippen LogP contribution in [0.1, 0.15) is 138 Å². The van der Waals surface area contributed by atoms with Crippen molar-refractivity contribution < 1.29 is 38.2 Å². The van der Waals surface area contributed by atoms with Crippen LogP contribution in [-0.4, -0.2) is 69.2 Å². The Hall–Kier alpha value is -5.78. The second-order valence-corrected chi connectivity index (χ2v) is 15.7. The van der Waals surface area contributed by atoms with E-state index in [4.69, 9.17) is 19.4 Å². The highest BCUT2D eigenvalue weighted by Gasteiger charge is 2.34. The monoisotopic (exact) mass is 790 g/mol. The molecule has 12 heteroatoms. The lowest BCUT2D eigenvalue weighted by atomic mass is 9.81. The molecule has 2 aliphatic heterocycles. The predicted molar refractivity (Wildman–Crippen MR) is 224 cm³/mol. The molecule has 0 amide bonds. The van der Waals surface area contributed by atoms with Gasteiger partial charge in [0.15, 0.2) is 0 Å². The average Bonchev–Trinajstić information content (AvgIpc) is 3.83. The molecule has 5 rings (SSSR count). The molecule has 2 unspecified atom stereocenters. The molecule has 0 saturated heterocycles. The number of esters is 2. The lowest BCUT2D eigenvalue weighted by Gasteiger charge is -2.21. The second-order valence-electron chi connectivity index (χ2n) is 15.7. The first kappa shape index (κ1) is 43.3.